The highest BCUT2D eigenvalue weighted by atomic mass is 16.5. The molecule has 3 N–H and O–H groups in total. The Labute approximate surface area is 107 Å². The molecule has 1 atom stereocenters. The van der Waals surface area contributed by atoms with Crippen LogP contribution < -0.4 is 11.1 Å². The van der Waals surface area contributed by atoms with E-state index in [9.17, 15) is 4.79 Å². The normalized spacial score (nSPS) is 20.3. The second-order valence-electron chi connectivity index (χ2n) is 5.42. The highest BCUT2D eigenvalue weighted by Gasteiger charge is 2.44. The van der Waals surface area contributed by atoms with Crippen LogP contribution >= 0.6 is 0 Å². The van der Waals surface area contributed by atoms with Crippen molar-refractivity contribution in [2.24, 2.45) is 11.3 Å². The summed E-state index contributed by atoms with van der Waals surface area (Å²) in [6, 6.07) is 1.64. The Bertz CT molecular complexity index is 471. The minimum Gasteiger partial charge on any atom is -0.465 e. The van der Waals surface area contributed by atoms with Crippen molar-refractivity contribution in [1.82, 2.24) is 4.98 Å². The van der Waals surface area contributed by atoms with E-state index in [2.05, 4.69) is 28.9 Å². The lowest BCUT2D eigenvalue weighted by Gasteiger charge is -2.09. The number of nitrogen functional groups attached to an aromatic ring is 1. The number of aromatic nitrogens is 1. The molecule has 0 aromatic carbocycles. The van der Waals surface area contributed by atoms with E-state index in [1.165, 1.54) is 19.7 Å². The van der Waals surface area contributed by atoms with Gasteiger partial charge in [0, 0.05) is 6.54 Å². The zero-order valence-corrected chi connectivity index (χ0v) is 11.0. The molecule has 5 heteroatoms. The summed E-state index contributed by atoms with van der Waals surface area (Å²) in [4.78, 5) is 15.6. The molecule has 1 aliphatic rings. The van der Waals surface area contributed by atoms with Gasteiger partial charge in [-0.3, -0.25) is 0 Å². The van der Waals surface area contributed by atoms with Crippen LogP contribution in [-0.4, -0.2) is 24.6 Å². The second-order valence-corrected chi connectivity index (χ2v) is 5.42. The van der Waals surface area contributed by atoms with E-state index in [0.717, 1.165) is 6.54 Å². The molecule has 18 heavy (non-hydrogen) atoms. The van der Waals surface area contributed by atoms with Gasteiger partial charge < -0.3 is 15.8 Å². The molecule has 0 radical (unpaired) electrons. The van der Waals surface area contributed by atoms with Crippen LogP contribution in [-0.2, 0) is 4.74 Å². The Kier molecular flexibility index (Phi) is 3.15. The third-order valence-corrected chi connectivity index (χ3v) is 3.59. The number of carbonyl (C=O) groups excluding carboxylic acids is 1. The van der Waals surface area contributed by atoms with Crippen LogP contribution in [0.4, 0.5) is 11.5 Å². The fraction of sp³-hybridized carbons (Fsp3) is 0.538. The lowest BCUT2D eigenvalue weighted by molar-refractivity contribution is 0.0602. The highest BCUT2D eigenvalue weighted by Crippen LogP contribution is 2.51. The van der Waals surface area contributed by atoms with E-state index >= 15 is 0 Å². The van der Waals surface area contributed by atoms with Gasteiger partial charge in [-0.05, 0) is 23.8 Å². The zero-order valence-electron chi connectivity index (χ0n) is 11.0. The molecule has 0 amide bonds. The van der Waals surface area contributed by atoms with Crippen LogP contribution in [0.1, 0.15) is 30.6 Å². The van der Waals surface area contributed by atoms with Crippen LogP contribution in [0.3, 0.4) is 0 Å². The van der Waals surface area contributed by atoms with Crippen molar-refractivity contribution in [2.75, 3.05) is 24.7 Å². The number of esters is 1. The van der Waals surface area contributed by atoms with E-state index in [1.807, 2.05) is 0 Å². The molecular formula is C13H19N3O2. The molecular weight excluding hydrogens is 230 g/mol. The van der Waals surface area contributed by atoms with E-state index in [0.29, 0.717) is 28.4 Å². The predicted octanol–water partition coefficient (Wildman–Crippen LogP) is 1.91. The number of hydrogen-bond donors (Lipinski definition) is 2. The monoisotopic (exact) mass is 249 g/mol. The van der Waals surface area contributed by atoms with Gasteiger partial charge in [0.2, 0.25) is 0 Å². The predicted molar refractivity (Wildman–Crippen MR) is 70.4 cm³/mol. The van der Waals surface area contributed by atoms with Gasteiger partial charge in [0.1, 0.15) is 5.82 Å². The van der Waals surface area contributed by atoms with Gasteiger partial charge in [-0.2, -0.15) is 0 Å². The summed E-state index contributed by atoms with van der Waals surface area (Å²) in [6.07, 6.45) is 2.70. The van der Waals surface area contributed by atoms with Crippen molar-refractivity contribution in [1.29, 1.82) is 0 Å². The Morgan fingerprint density at radius 2 is 2.33 bits per heavy atom. The van der Waals surface area contributed by atoms with Crippen LogP contribution in [0.5, 0.6) is 0 Å². The molecule has 1 heterocycles. The first-order valence-corrected chi connectivity index (χ1v) is 6.02. The first-order valence-electron chi connectivity index (χ1n) is 6.02. The van der Waals surface area contributed by atoms with Crippen molar-refractivity contribution >= 4 is 17.5 Å². The summed E-state index contributed by atoms with van der Waals surface area (Å²) in [5.74, 6) is 0.885. The molecule has 1 aromatic heterocycles. The van der Waals surface area contributed by atoms with Crippen LogP contribution in [0.15, 0.2) is 12.3 Å². The fourth-order valence-electron chi connectivity index (χ4n) is 2.00. The number of nitrogens with zero attached hydrogens (tertiary/aromatic N) is 1. The maximum atomic E-state index is 11.5. The Balaban J connectivity index is 2.03. The minimum atomic E-state index is -0.440. The number of nitrogens with two attached hydrogens (primary N) is 1. The summed E-state index contributed by atoms with van der Waals surface area (Å²) in [5.41, 5.74) is 6.79. The maximum Gasteiger partial charge on any atom is 0.340 e. The average Bonchev–Trinajstić information content (AvgIpc) is 2.95. The number of nitrogens with one attached hydrogen (secondary N) is 1. The maximum absolute atomic E-state index is 11.5. The number of anilines is 2. The Hall–Kier alpha value is -1.78. The quantitative estimate of drug-likeness (QED) is 0.797. The minimum absolute atomic E-state index is 0.333. The first-order chi connectivity index (χ1) is 8.44. The molecule has 1 aliphatic carbocycles. The van der Waals surface area contributed by atoms with Crippen molar-refractivity contribution in [3.63, 3.8) is 0 Å². The SMILES string of the molecule is COC(=O)c1cc(NCC2CC2(C)C)ncc1N. The molecule has 0 aliphatic heterocycles. The van der Waals surface area contributed by atoms with Gasteiger partial charge in [-0.1, -0.05) is 13.8 Å². The van der Waals surface area contributed by atoms with Gasteiger partial charge in [0.25, 0.3) is 0 Å². The smallest absolute Gasteiger partial charge is 0.340 e. The summed E-state index contributed by atoms with van der Waals surface area (Å²) >= 11 is 0. The molecule has 1 aromatic rings. The molecule has 0 bridgehead atoms. The summed E-state index contributed by atoms with van der Waals surface area (Å²) in [6.45, 7) is 5.36. The zero-order chi connectivity index (χ0) is 13.3. The van der Waals surface area contributed by atoms with Crippen molar-refractivity contribution in [3.8, 4) is 0 Å². The first kappa shape index (κ1) is 12.7. The molecule has 2 rings (SSSR count). The van der Waals surface area contributed by atoms with Gasteiger partial charge in [-0.15, -0.1) is 0 Å². The number of ether oxygens (including phenoxy) is 1. The van der Waals surface area contributed by atoms with E-state index in [-0.39, 0.29) is 0 Å². The summed E-state index contributed by atoms with van der Waals surface area (Å²) in [5, 5.41) is 3.23. The fourth-order valence-corrected chi connectivity index (χ4v) is 2.00. The molecule has 5 nitrogen and oxygen atoms in total. The van der Waals surface area contributed by atoms with E-state index < -0.39 is 5.97 Å². The van der Waals surface area contributed by atoms with Gasteiger partial charge in [0.15, 0.2) is 0 Å². The third-order valence-electron chi connectivity index (χ3n) is 3.59. The van der Waals surface area contributed by atoms with Crippen molar-refractivity contribution in [2.45, 2.75) is 20.3 Å². The number of hydrogen-bond acceptors (Lipinski definition) is 5. The molecule has 1 fully saturated rings. The highest BCUT2D eigenvalue weighted by molar-refractivity contribution is 5.95. The number of carbonyl (C=O) groups is 1. The topological polar surface area (TPSA) is 77.2 Å². The lowest BCUT2D eigenvalue weighted by atomic mass is 10.1. The Morgan fingerprint density at radius 1 is 1.67 bits per heavy atom. The molecule has 1 saturated carbocycles. The van der Waals surface area contributed by atoms with Crippen LogP contribution in [0.25, 0.3) is 0 Å². The van der Waals surface area contributed by atoms with E-state index in [4.69, 9.17) is 5.73 Å². The summed E-state index contributed by atoms with van der Waals surface area (Å²) in [7, 11) is 1.34. The standard InChI is InChI=1S/C13H19N3O2/c1-13(2)5-8(13)6-15-11-4-9(12(17)18-3)10(14)7-16-11/h4,7-8H,5-6,14H2,1-3H3,(H,15,16). The van der Waals surface area contributed by atoms with E-state index in [1.54, 1.807) is 6.07 Å². The average molecular weight is 249 g/mol. The van der Waals surface area contributed by atoms with Crippen LogP contribution in [0, 0.1) is 11.3 Å². The number of methoxy groups -OCH3 is 1. The van der Waals surface area contributed by atoms with Crippen molar-refractivity contribution < 1.29 is 9.53 Å². The molecule has 1 unspecified atom stereocenters. The third kappa shape index (κ3) is 2.55. The van der Waals surface area contributed by atoms with Crippen LogP contribution in [0.2, 0.25) is 0 Å². The molecule has 0 spiro atoms. The molecule has 0 saturated heterocycles. The van der Waals surface area contributed by atoms with Gasteiger partial charge in [0.05, 0.1) is 24.6 Å². The van der Waals surface area contributed by atoms with Gasteiger partial charge in [-0.25, -0.2) is 9.78 Å². The number of pyridine rings is 1. The lowest BCUT2D eigenvalue weighted by Crippen LogP contribution is -2.11. The molecule has 98 valence electrons. The van der Waals surface area contributed by atoms with Gasteiger partial charge >= 0.3 is 5.97 Å². The Morgan fingerprint density at radius 3 is 2.89 bits per heavy atom. The van der Waals surface area contributed by atoms with Crippen molar-refractivity contribution in [3.05, 3.63) is 17.8 Å². The number of rotatable bonds is 4. The largest absolute Gasteiger partial charge is 0.465 e. The summed E-state index contributed by atoms with van der Waals surface area (Å²) < 4.78 is 4.67. The second kappa shape index (κ2) is 4.48.